The van der Waals surface area contributed by atoms with E-state index in [1.807, 2.05) is 24.5 Å². The topological polar surface area (TPSA) is 35.9 Å². The van der Waals surface area contributed by atoms with E-state index >= 15 is 0 Å². The summed E-state index contributed by atoms with van der Waals surface area (Å²) in [6.45, 7) is 0. The standard InChI is InChI=1S/C35H21N3O/c1-2-11-24(12-3-1)37-21-36-35-29(37)14-8-15-30(35)38-31-18-23-10-5-4-9-22(23)17-26(31)27-20-34-28(19-32(27)38)25-13-6-7-16-33(25)39-34/h1-21H. The van der Waals surface area contributed by atoms with Crippen molar-refractivity contribution in [1.29, 1.82) is 0 Å². The molecule has 3 aromatic heterocycles. The zero-order valence-electron chi connectivity index (χ0n) is 20.9. The van der Waals surface area contributed by atoms with Crippen molar-refractivity contribution >= 4 is 65.6 Å². The zero-order chi connectivity index (χ0) is 25.5. The monoisotopic (exact) mass is 499 g/mol. The van der Waals surface area contributed by atoms with Gasteiger partial charge in [0.1, 0.15) is 23.0 Å². The van der Waals surface area contributed by atoms with Crippen molar-refractivity contribution in [3.8, 4) is 11.4 Å². The number of aromatic nitrogens is 3. The van der Waals surface area contributed by atoms with Crippen LogP contribution in [0.25, 0.3) is 76.9 Å². The number of benzene rings is 6. The Balaban J connectivity index is 1.45. The second-order valence-electron chi connectivity index (χ2n) is 10.1. The van der Waals surface area contributed by atoms with Crippen LogP contribution < -0.4 is 0 Å². The lowest BCUT2D eigenvalue weighted by atomic mass is 10.1. The van der Waals surface area contributed by atoms with E-state index in [4.69, 9.17) is 9.40 Å². The normalized spacial score (nSPS) is 12.1. The summed E-state index contributed by atoms with van der Waals surface area (Å²) in [4.78, 5) is 4.95. The van der Waals surface area contributed by atoms with Gasteiger partial charge in [0, 0.05) is 27.2 Å². The van der Waals surface area contributed by atoms with Gasteiger partial charge < -0.3 is 8.98 Å². The van der Waals surface area contributed by atoms with Crippen molar-refractivity contribution in [3.63, 3.8) is 0 Å². The van der Waals surface area contributed by atoms with Crippen molar-refractivity contribution < 1.29 is 4.42 Å². The SMILES string of the molecule is c1ccc(-n2cnc3c(-n4c5cc6ccccc6cc5c5cc6oc7ccccc7c6cc54)cccc32)cc1. The summed E-state index contributed by atoms with van der Waals surface area (Å²) in [7, 11) is 0. The Morgan fingerprint density at radius 2 is 1.26 bits per heavy atom. The Labute approximate surface area is 222 Å². The molecule has 0 bridgehead atoms. The first-order chi connectivity index (χ1) is 19.3. The van der Waals surface area contributed by atoms with Gasteiger partial charge in [-0.15, -0.1) is 0 Å². The highest BCUT2D eigenvalue weighted by atomic mass is 16.3. The van der Waals surface area contributed by atoms with Crippen molar-refractivity contribution in [2.75, 3.05) is 0 Å². The lowest BCUT2D eigenvalue weighted by Crippen LogP contribution is -1.96. The van der Waals surface area contributed by atoms with Crippen molar-refractivity contribution in [1.82, 2.24) is 14.1 Å². The molecule has 0 N–H and O–H groups in total. The van der Waals surface area contributed by atoms with E-state index in [-0.39, 0.29) is 0 Å². The molecular formula is C35H21N3O. The quantitative estimate of drug-likeness (QED) is 0.238. The third-order valence-electron chi connectivity index (χ3n) is 7.96. The number of fused-ring (bicyclic) bond motifs is 8. The number of rotatable bonds is 2. The fourth-order valence-corrected chi connectivity index (χ4v) is 6.18. The zero-order valence-corrected chi connectivity index (χ0v) is 20.9. The minimum atomic E-state index is 0.905. The van der Waals surface area contributed by atoms with E-state index < -0.39 is 0 Å². The summed E-state index contributed by atoms with van der Waals surface area (Å²) >= 11 is 0. The highest BCUT2D eigenvalue weighted by Gasteiger charge is 2.19. The van der Waals surface area contributed by atoms with Crippen LogP contribution in [-0.4, -0.2) is 14.1 Å². The number of imidazole rings is 1. The average Bonchev–Trinajstić information content (AvgIpc) is 3.67. The second-order valence-corrected chi connectivity index (χ2v) is 10.1. The summed E-state index contributed by atoms with van der Waals surface area (Å²) < 4.78 is 10.8. The van der Waals surface area contributed by atoms with Crippen LogP contribution in [0.4, 0.5) is 0 Å². The van der Waals surface area contributed by atoms with E-state index in [0.717, 1.165) is 55.4 Å². The Morgan fingerprint density at radius 3 is 2.15 bits per heavy atom. The smallest absolute Gasteiger partial charge is 0.136 e. The van der Waals surface area contributed by atoms with E-state index in [1.165, 1.54) is 21.5 Å². The summed E-state index contributed by atoms with van der Waals surface area (Å²) in [6, 6.07) is 42.8. The molecule has 0 aliphatic heterocycles. The van der Waals surface area contributed by atoms with Crippen LogP contribution in [0.2, 0.25) is 0 Å². The van der Waals surface area contributed by atoms with Gasteiger partial charge in [-0.25, -0.2) is 4.98 Å². The summed E-state index contributed by atoms with van der Waals surface area (Å²) in [5.41, 5.74) is 8.30. The third-order valence-corrected chi connectivity index (χ3v) is 7.96. The van der Waals surface area contributed by atoms with Gasteiger partial charge >= 0.3 is 0 Å². The number of hydrogen-bond acceptors (Lipinski definition) is 2. The first kappa shape index (κ1) is 20.7. The maximum absolute atomic E-state index is 6.31. The van der Waals surface area contributed by atoms with Crippen LogP contribution in [0.5, 0.6) is 0 Å². The number of para-hydroxylation sites is 3. The molecule has 0 fully saturated rings. The van der Waals surface area contributed by atoms with Gasteiger partial charge in [-0.05, 0) is 65.4 Å². The first-order valence-electron chi connectivity index (χ1n) is 13.1. The summed E-state index contributed by atoms with van der Waals surface area (Å²) in [6.07, 6.45) is 1.93. The summed E-state index contributed by atoms with van der Waals surface area (Å²) in [5, 5.41) is 7.05. The van der Waals surface area contributed by atoms with Gasteiger partial charge in [0.25, 0.3) is 0 Å². The highest BCUT2D eigenvalue weighted by molar-refractivity contribution is 6.19. The molecule has 0 amide bonds. The van der Waals surface area contributed by atoms with Gasteiger partial charge in [-0.2, -0.15) is 0 Å². The molecule has 4 heteroatoms. The van der Waals surface area contributed by atoms with Crippen molar-refractivity contribution in [2.24, 2.45) is 0 Å². The largest absolute Gasteiger partial charge is 0.456 e. The molecule has 3 heterocycles. The predicted molar refractivity (Wildman–Crippen MR) is 160 cm³/mol. The maximum atomic E-state index is 6.31. The van der Waals surface area contributed by atoms with Gasteiger partial charge in [-0.3, -0.25) is 4.57 Å². The van der Waals surface area contributed by atoms with Gasteiger partial charge in [0.2, 0.25) is 0 Å². The van der Waals surface area contributed by atoms with Crippen LogP contribution >= 0.6 is 0 Å². The molecular weight excluding hydrogens is 478 g/mol. The lowest BCUT2D eigenvalue weighted by Gasteiger charge is -2.10. The molecule has 0 spiro atoms. The molecule has 9 aromatic rings. The van der Waals surface area contributed by atoms with E-state index in [0.29, 0.717) is 0 Å². The molecule has 6 aromatic carbocycles. The van der Waals surface area contributed by atoms with Gasteiger partial charge in [0.05, 0.1) is 22.2 Å². The van der Waals surface area contributed by atoms with Crippen LogP contribution in [-0.2, 0) is 0 Å². The number of hydrogen-bond donors (Lipinski definition) is 0. The average molecular weight is 500 g/mol. The van der Waals surface area contributed by atoms with E-state index in [9.17, 15) is 0 Å². The molecule has 9 rings (SSSR count). The van der Waals surface area contributed by atoms with Crippen LogP contribution in [0.1, 0.15) is 0 Å². The van der Waals surface area contributed by atoms with Gasteiger partial charge in [-0.1, -0.05) is 66.7 Å². The summed E-state index contributed by atoms with van der Waals surface area (Å²) in [5.74, 6) is 0. The Morgan fingerprint density at radius 1 is 0.513 bits per heavy atom. The highest BCUT2D eigenvalue weighted by Crippen LogP contribution is 2.40. The minimum Gasteiger partial charge on any atom is -0.456 e. The fourth-order valence-electron chi connectivity index (χ4n) is 6.18. The molecule has 0 saturated heterocycles. The molecule has 0 atom stereocenters. The van der Waals surface area contributed by atoms with Crippen molar-refractivity contribution in [2.45, 2.75) is 0 Å². The van der Waals surface area contributed by atoms with Gasteiger partial charge in [0.15, 0.2) is 0 Å². The van der Waals surface area contributed by atoms with E-state index in [1.54, 1.807) is 0 Å². The molecule has 0 aliphatic rings. The predicted octanol–water partition coefficient (Wildman–Crippen LogP) is 9.18. The molecule has 182 valence electrons. The van der Waals surface area contributed by atoms with Crippen LogP contribution in [0, 0.1) is 0 Å². The Hall–Kier alpha value is -5.35. The lowest BCUT2D eigenvalue weighted by molar-refractivity contribution is 0.669. The fraction of sp³-hybridized carbons (Fsp3) is 0. The molecule has 4 nitrogen and oxygen atoms in total. The Bertz CT molecular complexity index is 2390. The second kappa shape index (κ2) is 7.59. The number of nitrogens with zero attached hydrogens (tertiary/aromatic N) is 3. The minimum absolute atomic E-state index is 0.905. The maximum Gasteiger partial charge on any atom is 0.136 e. The molecule has 39 heavy (non-hydrogen) atoms. The number of furan rings is 1. The first-order valence-corrected chi connectivity index (χ1v) is 13.1. The van der Waals surface area contributed by atoms with Crippen molar-refractivity contribution in [3.05, 3.63) is 128 Å². The molecule has 0 radical (unpaired) electrons. The Kier molecular flexibility index (Phi) is 4.02. The molecule has 0 aliphatic carbocycles. The van der Waals surface area contributed by atoms with Crippen LogP contribution in [0.3, 0.4) is 0 Å². The van der Waals surface area contributed by atoms with E-state index in [2.05, 4.69) is 112 Å². The van der Waals surface area contributed by atoms with Crippen LogP contribution in [0.15, 0.2) is 132 Å². The molecule has 0 unspecified atom stereocenters. The third kappa shape index (κ3) is 2.85. The molecule has 0 saturated carbocycles.